The number of amides is 1. The highest BCUT2D eigenvalue weighted by atomic mass is 32.2. The number of hydrogen-bond acceptors (Lipinski definition) is 4. The van der Waals surface area contributed by atoms with Crippen molar-refractivity contribution in [2.24, 2.45) is 0 Å². The zero-order chi connectivity index (χ0) is 15.0. The van der Waals surface area contributed by atoms with Crippen molar-refractivity contribution < 1.29 is 26.4 Å². The van der Waals surface area contributed by atoms with Crippen molar-refractivity contribution in [1.82, 2.24) is 9.88 Å². The Balaban J connectivity index is 2.22. The van der Waals surface area contributed by atoms with Crippen LogP contribution in [-0.2, 0) is 14.6 Å². The quantitative estimate of drug-likeness (QED) is 0.836. The molecular formula is C11H11F3N2O3S. The van der Waals surface area contributed by atoms with Crippen LogP contribution in [0.3, 0.4) is 0 Å². The summed E-state index contributed by atoms with van der Waals surface area (Å²) >= 11 is 0. The molecule has 0 saturated carbocycles. The summed E-state index contributed by atoms with van der Waals surface area (Å²) in [7, 11) is -4.00. The predicted molar refractivity (Wildman–Crippen MR) is 62.5 cm³/mol. The monoisotopic (exact) mass is 308 g/mol. The number of likely N-dealkylation sites (tertiary alicyclic amines) is 1. The average Bonchev–Trinajstić information content (AvgIpc) is 2.71. The number of alkyl halides is 3. The number of carbonyl (C=O) groups is 1. The van der Waals surface area contributed by atoms with Crippen molar-refractivity contribution >= 4 is 15.7 Å². The number of hydrogen-bond donors (Lipinski definition) is 0. The van der Waals surface area contributed by atoms with E-state index >= 15 is 0 Å². The lowest BCUT2D eigenvalue weighted by molar-refractivity contribution is -0.157. The van der Waals surface area contributed by atoms with Crippen molar-refractivity contribution in [1.29, 1.82) is 0 Å². The molecule has 0 aromatic carbocycles. The fourth-order valence-electron chi connectivity index (χ4n) is 2.05. The second-order valence-electron chi connectivity index (χ2n) is 4.39. The topological polar surface area (TPSA) is 67.3 Å². The predicted octanol–water partition coefficient (Wildman–Crippen LogP) is 1.02. The first kappa shape index (κ1) is 14.8. The van der Waals surface area contributed by atoms with E-state index in [1.165, 1.54) is 18.3 Å². The second-order valence-corrected chi connectivity index (χ2v) is 6.52. The van der Waals surface area contributed by atoms with Gasteiger partial charge in [-0.2, -0.15) is 13.2 Å². The third-order valence-electron chi connectivity index (χ3n) is 2.96. The fraction of sp³-hybridized carbons (Fsp3) is 0.455. The summed E-state index contributed by atoms with van der Waals surface area (Å²) in [6.45, 7) is -1.65. The van der Waals surface area contributed by atoms with Crippen LogP contribution in [0.1, 0.15) is 6.42 Å². The van der Waals surface area contributed by atoms with Gasteiger partial charge in [0.1, 0.15) is 11.8 Å². The van der Waals surface area contributed by atoms with Gasteiger partial charge in [-0.1, -0.05) is 0 Å². The fourth-order valence-corrected chi connectivity index (χ4v) is 3.69. The Morgan fingerprint density at radius 2 is 2.10 bits per heavy atom. The van der Waals surface area contributed by atoms with Gasteiger partial charge in [0.05, 0.1) is 4.90 Å². The molecule has 0 aliphatic carbocycles. The summed E-state index contributed by atoms with van der Waals surface area (Å²) in [6, 6.07) is 2.65. The third-order valence-corrected chi connectivity index (χ3v) is 5.04. The van der Waals surface area contributed by atoms with Gasteiger partial charge in [0.25, 0.3) is 0 Å². The maximum absolute atomic E-state index is 12.3. The largest absolute Gasteiger partial charge is 0.406 e. The molecule has 1 aliphatic heterocycles. The van der Waals surface area contributed by atoms with Gasteiger partial charge in [-0.25, -0.2) is 8.42 Å². The van der Waals surface area contributed by atoms with Gasteiger partial charge in [-0.15, -0.1) is 0 Å². The summed E-state index contributed by atoms with van der Waals surface area (Å²) in [5.41, 5.74) is 0. The Morgan fingerprint density at radius 1 is 1.40 bits per heavy atom. The number of carbonyl (C=O) groups excluding carboxylic acids is 1. The molecule has 2 rings (SSSR count). The Labute approximate surface area is 113 Å². The molecule has 2 heterocycles. The zero-order valence-electron chi connectivity index (χ0n) is 10.2. The summed E-state index contributed by atoms with van der Waals surface area (Å²) in [5, 5.41) is -1.46. The van der Waals surface area contributed by atoms with Crippen LogP contribution in [0, 0.1) is 0 Å². The van der Waals surface area contributed by atoms with Crippen LogP contribution in [-0.4, -0.2) is 48.7 Å². The SMILES string of the molecule is O=C1C(S(=O)(=O)c2cccnc2)CCN1CC(F)(F)F. The van der Waals surface area contributed by atoms with E-state index in [0.29, 0.717) is 4.90 Å². The molecule has 20 heavy (non-hydrogen) atoms. The summed E-state index contributed by atoms with van der Waals surface area (Å²) in [4.78, 5) is 15.8. The molecule has 0 radical (unpaired) electrons. The third kappa shape index (κ3) is 2.92. The number of sulfone groups is 1. The van der Waals surface area contributed by atoms with Crippen LogP contribution >= 0.6 is 0 Å². The van der Waals surface area contributed by atoms with Crippen LogP contribution in [0.15, 0.2) is 29.4 Å². The molecule has 1 atom stereocenters. The zero-order valence-corrected chi connectivity index (χ0v) is 11.0. The van der Waals surface area contributed by atoms with Gasteiger partial charge in [-0.05, 0) is 18.6 Å². The average molecular weight is 308 g/mol. The summed E-state index contributed by atoms with van der Waals surface area (Å²) in [5.74, 6) is -1.01. The molecule has 5 nitrogen and oxygen atoms in total. The first-order chi connectivity index (χ1) is 9.22. The Bertz CT molecular complexity index is 601. The standard InChI is InChI=1S/C11H11F3N2O3S/c12-11(13,14)7-16-5-3-9(10(16)17)20(18,19)8-2-1-4-15-6-8/h1-2,4,6,9H,3,5,7H2. The highest BCUT2D eigenvalue weighted by Crippen LogP contribution is 2.27. The molecule has 0 bridgehead atoms. The maximum atomic E-state index is 12.3. The first-order valence-corrected chi connectivity index (χ1v) is 7.26. The Morgan fingerprint density at radius 3 is 2.65 bits per heavy atom. The Kier molecular flexibility index (Phi) is 3.72. The lowest BCUT2D eigenvalue weighted by Crippen LogP contribution is -2.39. The molecule has 1 unspecified atom stereocenters. The van der Waals surface area contributed by atoms with Gasteiger partial charge in [0.2, 0.25) is 5.91 Å². The van der Waals surface area contributed by atoms with Gasteiger partial charge >= 0.3 is 6.18 Å². The summed E-state index contributed by atoms with van der Waals surface area (Å²) < 4.78 is 61.2. The minimum absolute atomic E-state index is 0.147. The van der Waals surface area contributed by atoms with Crippen LogP contribution < -0.4 is 0 Å². The highest BCUT2D eigenvalue weighted by Gasteiger charge is 2.45. The number of nitrogens with zero attached hydrogens (tertiary/aromatic N) is 2. The Hall–Kier alpha value is -1.64. The van der Waals surface area contributed by atoms with E-state index in [1.807, 2.05) is 0 Å². The molecule has 1 saturated heterocycles. The highest BCUT2D eigenvalue weighted by molar-refractivity contribution is 7.92. The van der Waals surface area contributed by atoms with E-state index < -0.39 is 33.7 Å². The number of pyridine rings is 1. The number of rotatable bonds is 3. The smallest absolute Gasteiger partial charge is 0.332 e. The van der Waals surface area contributed by atoms with Crippen molar-refractivity contribution in [2.75, 3.05) is 13.1 Å². The van der Waals surface area contributed by atoms with Crippen LogP contribution in [0.4, 0.5) is 13.2 Å². The van der Waals surface area contributed by atoms with Crippen molar-refractivity contribution in [3.8, 4) is 0 Å². The van der Waals surface area contributed by atoms with E-state index in [-0.39, 0.29) is 17.9 Å². The molecule has 1 aromatic rings. The van der Waals surface area contributed by atoms with E-state index in [2.05, 4.69) is 4.98 Å². The van der Waals surface area contributed by atoms with E-state index in [4.69, 9.17) is 0 Å². The molecule has 1 aliphatic rings. The summed E-state index contributed by atoms with van der Waals surface area (Å²) in [6.07, 6.45) is -2.24. The van der Waals surface area contributed by atoms with Crippen LogP contribution in [0.5, 0.6) is 0 Å². The van der Waals surface area contributed by atoms with E-state index in [0.717, 1.165) is 6.20 Å². The van der Waals surface area contributed by atoms with Crippen LogP contribution in [0.2, 0.25) is 0 Å². The van der Waals surface area contributed by atoms with Gasteiger partial charge < -0.3 is 4.90 Å². The molecule has 9 heteroatoms. The minimum atomic E-state index is -4.54. The molecule has 1 fully saturated rings. The van der Waals surface area contributed by atoms with Gasteiger partial charge in [0.15, 0.2) is 9.84 Å². The van der Waals surface area contributed by atoms with Gasteiger partial charge in [0, 0.05) is 18.9 Å². The number of halogens is 3. The normalized spacial score (nSPS) is 20.4. The first-order valence-electron chi connectivity index (χ1n) is 5.71. The van der Waals surface area contributed by atoms with E-state index in [9.17, 15) is 26.4 Å². The molecular weight excluding hydrogens is 297 g/mol. The van der Waals surface area contributed by atoms with Crippen molar-refractivity contribution in [3.05, 3.63) is 24.5 Å². The lowest BCUT2D eigenvalue weighted by atomic mass is 10.4. The van der Waals surface area contributed by atoms with Gasteiger partial charge in [-0.3, -0.25) is 9.78 Å². The molecule has 1 amide bonds. The van der Waals surface area contributed by atoms with E-state index in [1.54, 1.807) is 0 Å². The molecule has 110 valence electrons. The minimum Gasteiger partial charge on any atom is -0.332 e. The molecule has 0 N–H and O–H groups in total. The maximum Gasteiger partial charge on any atom is 0.406 e. The lowest BCUT2D eigenvalue weighted by Gasteiger charge is -2.18. The molecule has 1 aromatic heterocycles. The molecule has 0 spiro atoms. The number of aromatic nitrogens is 1. The van der Waals surface area contributed by atoms with Crippen LogP contribution in [0.25, 0.3) is 0 Å². The van der Waals surface area contributed by atoms with Crippen molar-refractivity contribution in [2.45, 2.75) is 22.7 Å². The second kappa shape index (κ2) is 5.04. The van der Waals surface area contributed by atoms with Crippen molar-refractivity contribution in [3.63, 3.8) is 0 Å².